The number of hydrogen-bond donors (Lipinski definition) is 0. The fraction of sp³-hybridized carbons (Fsp3) is 0.250. The van der Waals surface area contributed by atoms with Gasteiger partial charge in [0.2, 0.25) is 6.29 Å². The van der Waals surface area contributed by atoms with Crippen molar-refractivity contribution in [3.05, 3.63) is 40.7 Å². The first-order valence-electron chi connectivity index (χ1n) is 5.49. The number of aromatic nitrogens is 1. The Morgan fingerprint density at radius 1 is 1.11 bits per heavy atom. The Labute approximate surface area is 110 Å². The molecule has 7 heteroatoms. The van der Waals surface area contributed by atoms with Crippen molar-refractivity contribution in [2.75, 3.05) is 13.2 Å². The van der Waals surface area contributed by atoms with Gasteiger partial charge in [0.1, 0.15) is 10.7 Å². The smallest absolute Gasteiger partial charge is 0.202 e. The monoisotopic (exact) mass is 287 g/mol. The number of nitrogens with zero attached hydrogens (tertiary/aromatic N) is 1. The lowest BCUT2D eigenvalue weighted by Gasteiger charge is -2.04. The van der Waals surface area contributed by atoms with E-state index in [-0.39, 0.29) is 10.6 Å². The van der Waals surface area contributed by atoms with E-state index in [2.05, 4.69) is 4.98 Å². The van der Waals surface area contributed by atoms with Gasteiger partial charge in [-0.15, -0.1) is 11.3 Å². The molecule has 1 aromatic heterocycles. The average molecular weight is 287 g/mol. The topological polar surface area (TPSA) is 31.4 Å². The van der Waals surface area contributed by atoms with Crippen LogP contribution in [-0.2, 0) is 9.47 Å². The molecule has 3 nitrogen and oxygen atoms in total. The summed E-state index contributed by atoms with van der Waals surface area (Å²) in [5.41, 5.74) is 0.426. The zero-order valence-corrected chi connectivity index (χ0v) is 10.3. The Balaban J connectivity index is 1.96. The highest BCUT2D eigenvalue weighted by Gasteiger charge is 2.23. The summed E-state index contributed by atoms with van der Waals surface area (Å²) in [6.45, 7) is 0.939. The molecule has 2 heterocycles. The quantitative estimate of drug-likeness (QED) is 0.794. The van der Waals surface area contributed by atoms with E-state index >= 15 is 0 Å². The lowest BCUT2D eigenvalue weighted by atomic mass is 10.2. The second kappa shape index (κ2) is 4.92. The van der Waals surface area contributed by atoms with Crippen LogP contribution in [-0.4, -0.2) is 18.2 Å². The first-order chi connectivity index (χ1) is 9.16. The molecule has 0 atom stereocenters. The number of halogens is 3. The fourth-order valence-corrected chi connectivity index (χ4v) is 2.58. The van der Waals surface area contributed by atoms with Crippen LogP contribution in [0.1, 0.15) is 12.0 Å². The summed E-state index contributed by atoms with van der Waals surface area (Å²) in [7, 11) is 0. The van der Waals surface area contributed by atoms with E-state index in [0.29, 0.717) is 18.9 Å². The van der Waals surface area contributed by atoms with Crippen molar-refractivity contribution in [2.24, 2.45) is 0 Å². The largest absolute Gasteiger partial charge is 0.345 e. The molecule has 0 bridgehead atoms. The highest BCUT2D eigenvalue weighted by molar-refractivity contribution is 7.13. The van der Waals surface area contributed by atoms with Crippen molar-refractivity contribution in [1.29, 1.82) is 0 Å². The SMILES string of the molecule is Fc1ccc(-c2nc(C3OCCO3)cs2)c(F)c1F. The van der Waals surface area contributed by atoms with E-state index in [1.54, 1.807) is 5.38 Å². The van der Waals surface area contributed by atoms with Gasteiger partial charge < -0.3 is 9.47 Å². The number of thiazole rings is 1. The normalized spacial score (nSPS) is 16.2. The van der Waals surface area contributed by atoms with E-state index < -0.39 is 23.7 Å². The lowest BCUT2D eigenvalue weighted by molar-refractivity contribution is -0.0468. The maximum absolute atomic E-state index is 13.6. The third-order valence-electron chi connectivity index (χ3n) is 2.65. The molecule has 0 amide bonds. The van der Waals surface area contributed by atoms with Crippen LogP contribution in [0.4, 0.5) is 13.2 Å². The van der Waals surface area contributed by atoms with Crippen LogP contribution < -0.4 is 0 Å². The Hall–Kier alpha value is -1.44. The van der Waals surface area contributed by atoms with Gasteiger partial charge in [-0.1, -0.05) is 0 Å². The predicted molar refractivity (Wildman–Crippen MR) is 62.1 cm³/mol. The molecule has 19 heavy (non-hydrogen) atoms. The third-order valence-corrected chi connectivity index (χ3v) is 3.54. The van der Waals surface area contributed by atoms with Crippen molar-refractivity contribution in [1.82, 2.24) is 4.98 Å². The Morgan fingerprint density at radius 2 is 1.84 bits per heavy atom. The van der Waals surface area contributed by atoms with Gasteiger partial charge >= 0.3 is 0 Å². The highest BCUT2D eigenvalue weighted by Crippen LogP contribution is 2.32. The summed E-state index contributed by atoms with van der Waals surface area (Å²) in [6, 6.07) is 2.03. The van der Waals surface area contributed by atoms with Gasteiger partial charge in [-0.25, -0.2) is 18.2 Å². The zero-order chi connectivity index (χ0) is 13.4. The molecular formula is C12H8F3NO2S. The highest BCUT2D eigenvalue weighted by atomic mass is 32.1. The summed E-state index contributed by atoms with van der Waals surface area (Å²) >= 11 is 1.12. The van der Waals surface area contributed by atoms with Gasteiger partial charge in [0, 0.05) is 10.9 Å². The second-order valence-corrected chi connectivity index (χ2v) is 4.73. The molecule has 0 saturated carbocycles. The third kappa shape index (κ3) is 2.24. The summed E-state index contributed by atoms with van der Waals surface area (Å²) in [5.74, 6) is -3.96. The van der Waals surface area contributed by atoms with E-state index in [1.807, 2.05) is 0 Å². The van der Waals surface area contributed by atoms with Crippen LogP contribution in [0, 0.1) is 17.5 Å². The van der Waals surface area contributed by atoms with Crippen molar-refractivity contribution in [3.8, 4) is 10.6 Å². The van der Waals surface area contributed by atoms with Crippen molar-refractivity contribution < 1.29 is 22.6 Å². The summed E-state index contributed by atoms with van der Waals surface area (Å²) in [5, 5.41) is 1.90. The number of rotatable bonds is 2. The second-order valence-electron chi connectivity index (χ2n) is 3.87. The number of hydrogen-bond acceptors (Lipinski definition) is 4. The molecule has 1 aliphatic rings. The van der Waals surface area contributed by atoms with Gasteiger partial charge in [0.15, 0.2) is 17.5 Å². The average Bonchev–Trinajstić information content (AvgIpc) is 3.06. The molecule has 2 aromatic rings. The van der Waals surface area contributed by atoms with Gasteiger partial charge in [0.25, 0.3) is 0 Å². The minimum absolute atomic E-state index is 0.0758. The first-order valence-corrected chi connectivity index (χ1v) is 6.37. The molecule has 0 radical (unpaired) electrons. The van der Waals surface area contributed by atoms with Crippen LogP contribution >= 0.6 is 11.3 Å². The van der Waals surface area contributed by atoms with Gasteiger partial charge in [0.05, 0.1) is 13.2 Å². The van der Waals surface area contributed by atoms with Crippen molar-refractivity contribution in [2.45, 2.75) is 6.29 Å². The number of ether oxygens (including phenoxy) is 2. The number of benzene rings is 1. The standard InChI is InChI=1S/C12H8F3NO2S/c13-7-2-1-6(9(14)10(7)15)11-16-8(5-19-11)12-17-3-4-18-12/h1-2,5,12H,3-4H2. The molecule has 1 aromatic carbocycles. The van der Waals surface area contributed by atoms with Crippen LogP contribution in [0.15, 0.2) is 17.5 Å². The maximum Gasteiger partial charge on any atom is 0.202 e. The molecular weight excluding hydrogens is 279 g/mol. The minimum Gasteiger partial charge on any atom is -0.345 e. The van der Waals surface area contributed by atoms with E-state index in [4.69, 9.17) is 9.47 Å². The Bertz CT molecular complexity index is 611. The fourth-order valence-electron chi connectivity index (χ4n) is 1.74. The van der Waals surface area contributed by atoms with E-state index in [1.165, 1.54) is 0 Å². The zero-order valence-electron chi connectivity index (χ0n) is 9.53. The summed E-state index contributed by atoms with van der Waals surface area (Å²) in [6.07, 6.45) is -0.571. The minimum atomic E-state index is -1.50. The van der Waals surface area contributed by atoms with Crippen molar-refractivity contribution >= 4 is 11.3 Å². The summed E-state index contributed by atoms with van der Waals surface area (Å²) < 4.78 is 50.2. The van der Waals surface area contributed by atoms with Gasteiger partial charge in [-0.2, -0.15) is 0 Å². The molecule has 0 spiro atoms. The van der Waals surface area contributed by atoms with Crippen LogP contribution in [0.25, 0.3) is 10.6 Å². The van der Waals surface area contributed by atoms with E-state index in [0.717, 1.165) is 23.5 Å². The lowest BCUT2D eigenvalue weighted by Crippen LogP contribution is -1.98. The Morgan fingerprint density at radius 3 is 2.58 bits per heavy atom. The molecule has 0 N–H and O–H groups in total. The van der Waals surface area contributed by atoms with Gasteiger partial charge in [-0.05, 0) is 12.1 Å². The van der Waals surface area contributed by atoms with Crippen LogP contribution in [0.3, 0.4) is 0 Å². The summed E-state index contributed by atoms with van der Waals surface area (Å²) in [4.78, 5) is 4.13. The molecule has 1 fully saturated rings. The van der Waals surface area contributed by atoms with E-state index in [9.17, 15) is 13.2 Å². The molecule has 1 saturated heterocycles. The maximum atomic E-state index is 13.6. The molecule has 1 aliphatic heterocycles. The molecule has 3 rings (SSSR count). The predicted octanol–water partition coefficient (Wildman–Crippen LogP) is 3.27. The van der Waals surface area contributed by atoms with Crippen LogP contribution in [0.2, 0.25) is 0 Å². The first kappa shape index (κ1) is 12.6. The molecule has 100 valence electrons. The Kier molecular flexibility index (Phi) is 3.26. The molecule has 0 aliphatic carbocycles. The van der Waals surface area contributed by atoms with Crippen molar-refractivity contribution in [3.63, 3.8) is 0 Å². The van der Waals surface area contributed by atoms with Gasteiger partial charge in [-0.3, -0.25) is 0 Å². The molecule has 0 unspecified atom stereocenters. The van der Waals surface area contributed by atoms with Crippen LogP contribution in [0.5, 0.6) is 0 Å².